The van der Waals surface area contributed by atoms with Crippen LogP contribution in [-0.4, -0.2) is 28.6 Å². The molecule has 1 amide bonds. The fourth-order valence-electron chi connectivity index (χ4n) is 3.70. The number of hydrogen-bond acceptors (Lipinski definition) is 4. The van der Waals surface area contributed by atoms with Crippen LogP contribution in [0.25, 0.3) is 0 Å². The fourth-order valence-corrected chi connectivity index (χ4v) is 3.89. The van der Waals surface area contributed by atoms with E-state index in [0.29, 0.717) is 10.9 Å². The summed E-state index contributed by atoms with van der Waals surface area (Å²) in [5.74, 6) is -0.535. The fraction of sp³-hybridized carbons (Fsp3) is 0.435. The number of ether oxygens (including phenoxy) is 1. The molecule has 30 heavy (non-hydrogen) atoms. The van der Waals surface area contributed by atoms with Gasteiger partial charge in [0.25, 0.3) is 11.5 Å². The lowest BCUT2D eigenvalue weighted by Gasteiger charge is -2.30. The van der Waals surface area contributed by atoms with Crippen molar-refractivity contribution in [3.63, 3.8) is 0 Å². The van der Waals surface area contributed by atoms with E-state index in [1.165, 1.54) is 29.3 Å². The second-order valence-corrected chi connectivity index (χ2v) is 8.31. The molecular formula is C23H27ClN2O4. The van der Waals surface area contributed by atoms with Crippen molar-refractivity contribution in [2.24, 2.45) is 5.92 Å². The quantitative estimate of drug-likeness (QED) is 0.707. The first-order chi connectivity index (χ1) is 14.3. The average molecular weight is 431 g/mol. The van der Waals surface area contributed by atoms with E-state index in [1.54, 1.807) is 13.0 Å². The third-order valence-corrected chi connectivity index (χ3v) is 5.98. The second kappa shape index (κ2) is 9.94. The molecule has 1 fully saturated rings. The van der Waals surface area contributed by atoms with Crippen molar-refractivity contribution in [1.29, 1.82) is 0 Å². The van der Waals surface area contributed by atoms with Crippen molar-refractivity contribution < 1.29 is 14.3 Å². The molecule has 0 spiro atoms. The number of halogens is 1. The molecule has 7 heteroatoms. The molecule has 0 aliphatic heterocycles. The number of hydrogen-bond donors (Lipinski definition) is 1. The Labute approximate surface area is 181 Å². The minimum Gasteiger partial charge on any atom is -0.449 e. The largest absolute Gasteiger partial charge is 0.449 e. The molecular weight excluding hydrogens is 404 g/mol. The van der Waals surface area contributed by atoms with Gasteiger partial charge in [0.15, 0.2) is 6.10 Å². The van der Waals surface area contributed by atoms with E-state index in [1.807, 2.05) is 18.2 Å². The van der Waals surface area contributed by atoms with E-state index >= 15 is 0 Å². The number of aromatic nitrogens is 1. The Balaban J connectivity index is 1.65. The summed E-state index contributed by atoms with van der Waals surface area (Å²) in [5.41, 5.74) is 0.706. The highest BCUT2D eigenvalue weighted by Crippen LogP contribution is 2.24. The van der Waals surface area contributed by atoms with Crippen LogP contribution in [0.15, 0.2) is 47.4 Å². The summed E-state index contributed by atoms with van der Waals surface area (Å²) < 4.78 is 6.75. The van der Waals surface area contributed by atoms with Gasteiger partial charge < -0.3 is 14.6 Å². The number of carbonyl (C=O) groups is 2. The molecule has 0 saturated heterocycles. The number of nitrogens with zero attached hydrogens (tertiary/aromatic N) is 1. The van der Waals surface area contributed by atoms with Gasteiger partial charge in [-0.2, -0.15) is 0 Å². The Hall–Kier alpha value is -2.60. The molecule has 160 valence electrons. The summed E-state index contributed by atoms with van der Waals surface area (Å²) in [6, 6.07) is 10.0. The van der Waals surface area contributed by atoms with Crippen LogP contribution in [0.2, 0.25) is 5.02 Å². The van der Waals surface area contributed by atoms with Crippen LogP contribution in [0.5, 0.6) is 0 Å². The van der Waals surface area contributed by atoms with Crippen LogP contribution < -0.4 is 10.9 Å². The summed E-state index contributed by atoms with van der Waals surface area (Å²) in [7, 11) is 0. The third-order valence-electron chi connectivity index (χ3n) is 5.61. The molecule has 1 N–H and O–H groups in total. The summed E-state index contributed by atoms with van der Waals surface area (Å²) in [5, 5.41) is 3.54. The van der Waals surface area contributed by atoms with Crippen molar-refractivity contribution in [2.75, 3.05) is 0 Å². The predicted octanol–water partition coefficient (Wildman–Crippen LogP) is 3.79. The predicted molar refractivity (Wildman–Crippen MR) is 116 cm³/mol. The Bertz CT molecular complexity index is 972. The van der Waals surface area contributed by atoms with Gasteiger partial charge in [-0.25, -0.2) is 4.79 Å². The van der Waals surface area contributed by atoms with Gasteiger partial charge in [0, 0.05) is 23.3 Å². The van der Waals surface area contributed by atoms with Crippen molar-refractivity contribution in [1.82, 2.24) is 9.88 Å². The van der Waals surface area contributed by atoms with E-state index < -0.39 is 12.1 Å². The van der Waals surface area contributed by atoms with Crippen LogP contribution in [-0.2, 0) is 16.1 Å². The number of amides is 1. The first-order valence-corrected chi connectivity index (χ1v) is 10.7. The molecule has 0 radical (unpaired) electrons. The first kappa shape index (κ1) is 22.1. The van der Waals surface area contributed by atoms with Crippen LogP contribution in [0.4, 0.5) is 0 Å². The van der Waals surface area contributed by atoms with Crippen molar-refractivity contribution >= 4 is 23.5 Å². The number of rotatable bonds is 6. The zero-order chi connectivity index (χ0) is 21.7. The van der Waals surface area contributed by atoms with Gasteiger partial charge in [-0.1, -0.05) is 49.6 Å². The number of pyridine rings is 1. The van der Waals surface area contributed by atoms with E-state index in [2.05, 4.69) is 12.2 Å². The molecule has 3 atom stereocenters. The Morgan fingerprint density at radius 2 is 1.93 bits per heavy atom. The zero-order valence-electron chi connectivity index (χ0n) is 17.3. The summed E-state index contributed by atoms with van der Waals surface area (Å²) in [6.07, 6.45) is 4.82. The lowest BCUT2D eigenvalue weighted by atomic mass is 9.86. The Morgan fingerprint density at radius 1 is 1.20 bits per heavy atom. The van der Waals surface area contributed by atoms with Crippen molar-refractivity contribution in [3.8, 4) is 0 Å². The molecule has 0 bridgehead atoms. The number of benzene rings is 1. The van der Waals surface area contributed by atoms with E-state index in [0.717, 1.165) is 24.8 Å². The molecule has 1 heterocycles. The summed E-state index contributed by atoms with van der Waals surface area (Å²) in [6.45, 7) is 3.92. The van der Waals surface area contributed by atoms with E-state index in [-0.39, 0.29) is 29.6 Å². The maximum absolute atomic E-state index is 12.6. The molecule has 1 aliphatic rings. The SMILES string of the molecule is CC(OC(=O)c1ccc(=O)n(Cc2ccccc2Cl)c1)C(=O)NC1CCCCC1C. The van der Waals surface area contributed by atoms with Crippen LogP contribution in [0, 0.1) is 5.92 Å². The highest BCUT2D eigenvalue weighted by Gasteiger charge is 2.26. The maximum Gasteiger partial charge on any atom is 0.340 e. The molecule has 1 aromatic carbocycles. The highest BCUT2D eigenvalue weighted by molar-refractivity contribution is 6.31. The average Bonchev–Trinajstić information content (AvgIpc) is 2.72. The standard InChI is InChI=1S/C23H27ClN2O4/c1-15-7-3-6-10-20(15)25-22(28)16(2)30-23(29)18-11-12-21(27)26(14-18)13-17-8-4-5-9-19(17)24/h4-5,8-9,11-12,14-16,20H,3,6-7,10,13H2,1-2H3,(H,25,28). The summed E-state index contributed by atoms with van der Waals surface area (Å²) in [4.78, 5) is 37.2. The van der Waals surface area contributed by atoms with Gasteiger partial charge >= 0.3 is 5.97 Å². The number of nitrogens with one attached hydrogen (secondary N) is 1. The Morgan fingerprint density at radius 3 is 2.67 bits per heavy atom. The topological polar surface area (TPSA) is 77.4 Å². The van der Waals surface area contributed by atoms with Crippen LogP contribution in [0.3, 0.4) is 0 Å². The normalized spacial score (nSPS) is 19.7. The molecule has 1 saturated carbocycles. The highest BCUT2D eigenvalue weighted by atomic mass is 35.5. The van der Waals surface area contributed by atoms with Gasteiger partial charge in [0.2, 0.25) is 0 Å². The van der Waals surface area contributed by atoms with Gasteiger partial charge in [-0.05, 0) is 43.4 Å². The second-order valence-electron chi connectivity index (χ2n) is 7.90. The van der Waals surface area contributed by atoms with Crippen LogP contribution in [0.1, 0.15) is 55.5 Å². The minimum absolute atomic E-state index is 0.116. The lowest BCUT2D eigenvalue weighted by Crippen LogP contribution is -2.46. The smallest absolute Gasteiger partial charge is 0.340 e. The summed E-state index contributed by atoms with van der Waals surface area (Å²) >= 11 is 6.17. The van der Waals surface area contributed by atoms with Crippen molar-refractivity contribution in [3.05, 3.63) is 69.1 Å². The van der Waals surface area contributed by atoms with Crippen LogP contribution >= 0.6 is 11.6 Å². The molecule has 1 aromatic heterocycles. The monoisotopic (exact) mass is 430 g/mol. The van der Waals surface area contributed by atoms with Gasteiger partial charge in [0.1, 0.15) is 0 Å². The Kier molecular flexibility index (Phi) is 7.32. The third kappa shape index (κ3) is 5.51. The van der Waals surface area contributed by atoms with E-state index in [9.17, 15) is 14.4 Å². The van der Waals surface area contributed by atoms with Gasteiger partial charge in [-0.3, -0.25) is 9.59 Å². The lowest BCUT2D eigenvalue weighted by molar-refractivity contribution is -0.130. The molecule has 1 aliphatic carbocycles. The van der Waals surface area contributed by atoms with Gasteiger partial charge in [0.05, 0.1) is 12.1 Å². The number of esters is 1. The molecule has 6 nitrogen and oxygen atoms in total. The number of carbonyl (C=O) groups excluding carboxylic acids is 2. The first-order valence-electron chi connectivity index (χ1n) is 10.3. The zero-order valence-corrected chi connectivity index (χ0v) is 18.0. The van der Waals surface area contributed by atoms with Crippen molar-refractivity contribution in [2.45, 2.75) is 58.2 Å². The van der Waals surface area contributed by atoms with E-state index in [4.69, 9.17) is 16.3 Å². The molecule has 3 unspecified atom stereocenters. The van der Waals surface area contributed by atoms with Gasteiger partial charge in [-0.15, -0.1) is 0 Å². The maximum atomic E-state index is 12.6. The molecule has 2 aromatic rings. The minimum atomic E-state index is -0.921. The molecule has 3 rings (SSSR count).